The van der Waals surface area contributed by atoms with E-state index in [0.717, 1.165) is 0 Å². The number of aliphatic carboxylic acids is 1. The lowest BCUT2D eigenvalue weighted by molar-refractivity contribution is -0.157. The summed E-state index contributed by atoms with van der Waals surface area (Å²) in [6, 6.07) is 0. The molecule has 0 aliphatic heterocycles. The third-order valence-corrected chi connectivity index (χ3v) is 13.4. The van der Waals surface area contributed by atoms with E-state index in [4.69, 9.17) is 35.9 Å². The van der Waals surface area contributed by atoms with Gasteiger partial charge in [-0.05, 0) is 77.6 Å². The number of hydrogen-bond donors (Lipinski definition) is 1. The van der Waals surface area contributed by atoms with E-state index < -0.39 is 52.6 Å². The standard InChI is InChI=1S/C41H72N2O12S3/c1-26(2)31(20-30(22-40(5,6)38(49)50)37(48)54-18-16-52-14)32(35(46)43(11)12)24-57-39(56)58-33(27(3)4)21-28(34(45)42(9)10)19-29(23-41(7,8)55-25-44)36(47)53-17-15-51-13/h25-33H,15-24H2,1-14H3,(H,49,50). The second kappa shape index (κ2) is 27.4. The fourth-order valence-electron chi connectivity index (χ4n) is 6.69. The topological polar surface area (TPSA) is 175 Å². The van der Waals surface area contributed by atoms with Gasteiger partial charge in [0.05, 0.1) is 36.4 Å². The van der Waals surface area contributed by atoms with Crippen LogP contribution in [0.15, 0.2) is 0 Å². The van der Waals surface area contributed by atoms with Crippen LogP contribution in [0.1, 0.15) is 87.5 Å². The normalized spacial score (nSPS) is 15.1. The van der Waals surface area contributed by atoms with Gasteiger partial charge in [0.1, 0.15) is 22.3 Å². The van der Waals surface area contributed by atoms with Gasteiger partial charge in [-0.3, -0.25) is 28.8 Å². The highest BCUT2D eigenvalue weighted by atomic mass is 32.2. The number of carbonyl (C=O) groups is 6. The van der Waals surface area contributed by atoms with Crippen molar-refractivity contribution < 1.29 is 57.6 Å². The van der Waals surface area contributed by atoms with Gasteiger partial charge in [-0.1, -0.05) is 39.9 Å². The van der Waals surface area contributed by atoms with Gasteiger partial charge in [-0.2, -0.15) is 0 Å². The van der Waals surface area contributed by atoms with Crippen molar-refractivity contribution in [3.05, 3.63) is 0 Å². The van der Waals surface area contributed by atoms with Crippen molar-refractivity contribution in [2.75, 3.05) is 74.6 Å². The van der Waals surface area contributed by atoms with Gasteiger partial charge in [0.15, 0.2) is 0 Å². The number of nitrogens with zero attached hydrogens (tertiary/aromatic N) is 2. The molecule has 0 aliphatic rings. The van der Waals surface area contributed by atoms with Crippen LogP contribution < -0.4 is 0 Å². The van der Waals surface area contributed by atoms with Crippen molar-refractivity contribution in [2.24, 2.45) is 46.8 Å². The average Bonchev–Trinajstić information content (AvgIpc) is 3.11. The molecule has 6 atom stereocenters. The van der Waals surface area contributed by atoms with Crippen molar-refractivity contribution in [2.45, 2.75) is 98.3 Å². The molecule has 58 heavy (non-hydrogen) atoms. The smallest absolute Gasteiger partial charge is 0.309 e. The number of carboxylic acids is 1. The maximum absolute atomic E-state index is 13.9. The highest BCUT2D eigenvalue weighted by Gasteiger charge is 2.41. The zero-order valence-corrected chi connectivity index (χ0v) is 39.8. The molecular weight excluding hydrogens is 809 g/mol. The highest BCUT2D eigenvalue weighted by molar-refractivity contribution is 8.47. The van der Waals surface area contributed by atoms with E-state index in [0.29, 0.717) is 22.2 Å². The fourth-order valence-corrected chi connectivity index (χ4v) is 9.66. The van der Waals surface area contributed by atoms with Crippen molar-refractivity contribution in [1.29, 1.82) is 0 Å². The van der Waals surface area contributed by atoms with E-state index in [1.165, 1.54) is 47.5 Å². The first-order chi connectivity index (χ1) is 26.8. The molecule has 0 bridgehead atoms. The minimum atomic E-state index is -1.22. The molecule has 0 radical (unpaired) electrons. The van der Waals surface area contributed by atoms with Crippen LogP contribution in [-0.4, -0.2) is 140 Å². The molecule has 0 aromatic heterocycles. The number of rotatable bonds is 29. The van der Waals surface area contributed by atoms with Crippen molar-refractivity contribution in [3.8, 4) is 0 Å². The Labute approximate surface area is 361 Å². The first-order valence-corrected chi connectivity index (χ1v) is 22.0. The Balaban J connectivity index is 6.53. The molecule has 0 aromatic carbocycles. The van der Waals surface area contributed by atoms with Crippen molar-refractivity contribution in [3.63, 3.8) is 0 Å². The Morgan fingerprint density at radius 2 is 1.22 bits per heavy atom. The lowest BCUT2D eigenvalue weighted by Crippen LogP contribution is -2.40. The van der Waals surface area contributed by atoms with Crippen LogP contribution >= 0.6 is 35.7 Å². The molecule has 336 valence electrons. The minimum absolute atomic E-state index is 0.0246. The number of hydrogen-bond acceptors (Lipinski definition) is 14. The Kier molecular flexibility index (Phi) is 26.2. The molecule has 0 rings (SSSR count). The first kappa shape index (κ1) is 55.5. The van der Waals surface area contributed by atoms with Crippen molar-refractivity contribution in [1.82, 2.24) is 9.80 Å². The Morgan fingerprint density at radius 3 is 1.64 bits per heavy atom. The van der Waals surface area contributed by atoms with Gasteiger partial charge in [0.25, 0.3) is 6.47 Å². The number of thiocarbonyl (C=S) groups is 1. The maximum atomic E-state index is 13.9. The van der Waals surface area contributed by atoms with Crippen molar-refractivity contribution >= 4 is 75.5 Å². The molecule has 1 N–H and O–H groups in total. The summed E-state index contributed by atoms with van der Waals surface area (Å²) in [4.78, 5) is 80.8. The van der Waals surface area contributed by atoms with Crippen LogP contribution in [0.2, 0.25) is 0 Å². The zero-order chi connectivity index (χ0) is 45.0. The van der Waals surface area contributed by atoms with E-state index in [1.54, 1.807) is 55.9 Å². The lowest BCUT2D eigenvalue weighted by atomic mass is 9.73. The van der Waals surface area contributed by atoms with Gasteiger partial charge in [0, 0.05) is 59.3 Å². The summed E-state index contributed by atoms with van der Waals surface area (Å²) in [6.07, 6.45) is 0.940. The fraction of sp³-hybridized carbons (Fsp3) is 0.829. The van der Waals surface area contributed by atoms with Gasteiger partial charge in [-0.15, -0.1) is 23.5 Å². The molecule has 6 unspecified atom stereocenters. The summed E-state index contributed by atoms with van der Waals surface area (Å²) < 4.78 is 26.9. The number of methoxy groups -OCH3 is 2. The van der Waals surface area contributed by atoms with Crippen LogP contribution in [0, 0.1) is 46.8 Å². The van der Waals surface area contributed by atoms with Gasteiger partial charge < -0.3 is 38.6 Å². The van der Waals surface area contributed by atoms with Gasteiger partial charge >= 0.3 is 17.9 Å². The number of thioether (sulfide) groups is 2. The van der Waals surface area contributed by atoms with Crippen LogP contribution in [0.25, 0.3) is 0 Å². The molecular formula is C41H72N2O12S3. The number of carboxylic acid groups (broad SMARTS) is 1. The van der Waals surface area contributed by atoms with E-state index in [9.17, 15) is 33.9 Å². The quantitative estimate of drug-likeness (QED) is 0.0301. The SMILES string of the molecule is COCCOC(=O)C(CC(CC(SC(=S)SCC(C(=O)N(C)C)C(CC(CC(C)(C)C(=O)O)C(=O)OCCOC)C(C)C)C(C)C)C(=O)N(C)C)CC(C)(C)OC=O. The van der Waals surface area contributed by atoms with Crippen LogP contribution in [-0.2, 0) is 52.5 Å². The Hall–Kier alpha value is -2.47. The average molecular weight is 881 g/mol. The predicted octanol–water partition coefficient (Wildman–Crippen LogP) is 6.07. The summed E-state index contributed by atoms with van der Waals surface area (Å²) >= 11 is 8.76. The number of ether oxygens (including phenoxy) is 5. The predicted molar refractivity (Wildman–Crippen MR) is 232 cm³/mol. The molecule has 14 nitrogen and oxygen atoms in total. The van der Waals surface area contributed by atoms with E-state index in [1.807, 2.05) is 27.7 Å². The molecule has 0 fully saturated rings. The second-order valence-corrected chi connectivity index (χ2v) is 20.6. The Morgan fingerprint density at radius 1 is 0.724 bits per heavy atom. The Bertz CT molecular complexity index is 1320. The molecule has 0 spiro atoms. The minimum Gasteiger partial charge on any atom is -0.481 e. The maximum Gasteiger partial charge on any atom is 0.309 e. The summed E-state index contributed by atoms with van der Waals surface area (Å²) in [5.74, 6) is -5.09. The van der Waals surface area contributed by atoms with Crippen LogP contribution in [0.4, 0.5) is 0 Å². The summed E-state index contributed by atoms with van der Waals surface area (Å²) in [5.41, 5.74) is -2.21. The van der Waals surface area contributed by atoms with Crippen LogP contribution in [0.5, 0.6) is 0 Å². The number of esters is 2. The molecule has 0 saturated carbocycles. The van der Waals surface area contributed by atoms with Gasteiger partial charge in [0.2, 0.25) is 11.8 Å². The van der Waals surface area contributed by atoms with E-state index in [2.05, 4.69) is 0 Å². The zero-order valence-electron chi connectivity index (χ0n) is 37.3. The third-order valence-electron chi connectivity index (χ3n) is 10.1. The first-order valence-electron chi connectivity index (χ1n) is 19.8. The van der Waals surface area contributed by atoms with E-state index >= 15 is 0 Å². The monoisotopic (exact) mass is 880 g/mol. The third kappa shape index (κ3) is 20.7. The molecule has 2 amide bonds. The van der Waals surface area contributed by atoms with Crippen LogP contribution in [0.3, 0.4) is 0 Å². The summed E-state index contributed by atoms with van der Waals surface area (Å²) in [5, 5.41) is 9.78. The highest BCUT2D eigenvalue weighted by Crippen LogP contribution is 2.40. The number of carbonyl (C=O) groups excluding carboxylic acids is 5. The molecule has 0 saturated heterocycles. The molecule has 0 aliphatic carbocycles. The summed E-state index contributed by atoms with van der Waals surface area (Å²) in [6.45, 7) is 15.4. The second-order valence-electron chi connectivity index (χ2n) is 17.1. The lowest BCUT2D eigenvalue weighted by Gasteiger charge is -2.35. The largest absolute Gasteiger partial charge is 0.481 e. The molecule has 0 heterocycles. The molecule has 17 heteroatoms. The van der Waals surface area contributed by atoms with Gasteiger partial charge in [-0.25, -0.2) is 0 Å². The van der Waals surface area contributed by atoms with E-state index in [-0.39, 0.29) is 86.9 Å². The summed E-state index contributed by atoms with van der Waals surface area (Å²) in [7, 11) is 9.68. The number of amides is 2. The molecule has 0 aromatic rings.